The van der Waals surface area contributed by atoms with Crippen LogP contribution in [0.15, 0.2) is 16.9 Å². The number of ether oxygens (including phenoxy) is 1. The molecule has 1 N–H and O–H groups in total. The van der Waals surface area contributed by atoms with Crippen molar-refractivity contribution in [2.24, 2.45) is 0 Å². The molecule has 6 heteroatoms. The minimum absolute atomic E-state index is 0.146. The second-order valence-electron chi connectivity index (χ2n) is 4.03. The SMILES string of the molecule is COC(=O)C(C)(CCC#N)c1ccc(Cl)[nH]c1=O. The number of nitrogens with zero attached hydrogens (tertiary/aromatic N) is 1. The molecule has 0 saturated carbocycles. The molecule has 0 amide bonds. The van der Waals surface area contributed by atoms with E-state index in [1.165, 1.54) is 19.2 Å². The predicted octanol–water partition coefficient (Wildman–Crippen LogP) is 1.76. The Morgan fingerprint density at radius 2 is 2.28 bits per heavy atom. The first kappa shape index (κ1) is 14.3. The summed E-state index contributed by atoms with van der Waals surface area (Å²) in [5.41, 5.74) is -1.36. The smallest absolute Gasteiger partial charge is 0.316 e. The van der Waals surface area contributed by atoms with Crippen molar-refractivity contribution in [3.63, 3.8) is 0 Å². The van der Waals surface area contributed by atoms with Gasteiger partial charge in [0.2, 0.25) is 0 Å². The lowest BCUT2D eigenvalue weighted by atomic mass is 9.79. The zero-order valence-corrected chi connectivity index (χ0v) is 10.9. The van der Waals surface area contributed by atoms with E-state index in [0.717, 1.165) is 0 Å². The zero-order chi connectivity index (χ0) is 13.8. The van der Waals surface area contributed by atoms with Crippen LogP contribution in [0.1, 0.15) is 25.3 Å². The van der Waals surface area contributed by atoms with Crippen LogP contribution in [-0.2, 0) is 14.9 Å². The fourth-order valence-corrected chi connectivity index (χ4v) is 1.91. The Morgan fingerprint density at radius 1 is 1.61 bits per heavy atom. The Morgan fingerprint density at radius 3 is 2.78 bits per heavy atom. The lowest BCUT2D eigenvalue weighted by molar-refractivity contribution is -0.147. The number of rotatable bonds is 4. The van der Waals surface area contributed by atoms with Crippen molar-refractivity contribution in [1.82, 2.24) is 4.98 Å². The van der Waals surface area contributed by atoms with E-state index in [1.807, 2.05) is 6.07 Å². The average Bonchev–Trinajstić information content (AvgIpc) is 2.34. The number of methoxy groups -OCH3 is 1. The molecule has 1 heterocycles. The van der Waals surface area contributed by atoms with Crippen LogP contribution in [0.5, 0.6) is 0 Å². The van der Waals surface area contributed by atoms with Gasteiger partial charge in [-0.25, -0.2) is 0 Å². The van der Waals surface area contributed by atoms with Crippen molar-refractivity contribution in [3.05, 3.63) is 33.2 Å². The Kier molecular flexibility index (Phi) is 4.51. The van der Waals surface area contributed by atoms with Gasteiger partial charge in [0, 0.05) is 12.0 Å². The van der Waals surface area contributed by atoms with Crippen molar-refractivity contribution in [3.8, 4) is 6.07 Å². The molecule has 0 fully saturated rings. The normalized spacial score (nSPS) is 13.4. The van der Waals surface area contributed by atoms with Gasteiger partial charge in [0.15, 0.2) is 0 Å². The number of H-pyrrole nitrogens is 1. The van der Waals surface area contributed by atoms with Crippen molar-refractivity contribution >= 4 is 17.6 Å². The summed E-state index contributed by atoms with van der Waals surface area (Å²) >= 11 is 5.66. The molecule has 1 atom stereocenters. The van der Waals surface area contributed by atoms with E-state index in [4.69, 9.17) is 21.6 Å². The van der Waals surface area contributed by atoms with Gasteiger partial charge in [-0.05, 0) is 25.5 Å². The van der Waals surface area contributed by atoms with E-state index >= 15 is 0 Å². The summed E-state index contributed by atoms with van der Waals surface area (Å²) in [6, 6.07) is 4.93. The lowest BCUT2D eigenvalue weighted by Gasteiger charge is -2.25. The van der Waals surface area contributed by atoms with E-state index in [2.05, 4.69) is 4.98 Å². The number of hydrogen-bond donors (Lipinski definition) is 1. The third-order valence-electron chi connectivity index (χ3n) is 2.84. The number of carbonyl (C=O) groups excluding carboxylic acids is 1. The van der Waals surface area contributed by atoms with Crippen molar-refractivity contribution in [2.75, 3.05) is 7.11 Å². The lowest BCUT2D eigenvalue weighted by Crippen LogP contribution is -2.38. The van der Waals surface area contributed by atoms with Crippen LogP contribution in [0.2, 0.25) is 5.15 Å². The number of nitriles is 1. The van der Waals surface area contributed by atoms with Gasteiger partial charge in [-0.15, -0.1) is 0 Å². The van der Waals surface area contributed by atoms with Crippen LogP contribution in [0.4, 0.5) is 0 Å². The Labute approximate surface area is 109 Å². The number of nitrogens with one attached hydrogen (secondary N) is 1. The number of aromatic amines is 1. The summed E-state index contributed by atoms with van der Waals surface area (Å²) in [5.74, 6) is -0.550. The molecule has 5 nitrogen and oxygen atoms in total. The molecule has 0 spiro atoms. The molecule has 1 aromatic heterocycles. The van der Waals surface area contributed by atoms with E-state index in [0.29, 0.717) is 0 Å². The predicted molar refractivity (Wildman–Crippen MR) is 66.3 cm³/mol. The van der Waals surface area contributed by atoms with Gasteiger partial charge in [0.05, 0.1) is 18.6 Å². The molecule has 0 radical (unpaired) electrons. The molecule has 0 aliphatic carbocycles. The maximum absolute atomic E-state index is 11.9. The highest BCUT2D eigenvalue weighted by Crippen LogP contribution is 2.28. The Balaban J connectivity index is 3.30. The molecule has 1 unspecified atom stereocenters. The highest BCUT2D eigenvalue weighted by Gasteiger charge is 2.38. The fourth-order valence-electron chi connectivity index (χ4n) is 1.76. The molecule has 1 rings (SSSR count). The van der Waals surface area contributed by atoms with Crippen LogP contribution < -0.4 is 5.56 Å². The van der Waals surface area contributed by atoms with Gasteiger partial charge in [-0.3, -0.25) is 9.59 Å². The fraction of sp³-hybridized carbons (Fsp3) is 0.417. The number of halogens is 1. The Bertz CT molecular complexity index is 547. The van der Waals surface area contributed by atoms with Gasteiger partial charge in [-0.2, -0.15) is 5.26 Å². The standard InChI is InChI=1S/C12H13ClN2O3/c1-12(6-3-7-14,11(17)18-2)8-4-5-9(13)15-10(8)16/h4-5H,3,6H2,1-2H3,(H,15,16). The summed E-state index contributed by atoms with van der Waals surface area (Å²) in [6.07, 6.45) is 0.356. The minimum atomic E-state index is -1.15. The van der Waals surface area contributed by atoms with Gasteiger partial charge in [-0.1, -0.05) is 11.6 Å². The van der Waals surface area contributed by atoms with Crippen LogP contribution in [0, 0.1) is 11.3 Å². The molecular formula is C12H13ClN2O3. The number of carbonyl (C=O) groups is 1. The molecule has 0 bridgehead atoms. The third-order valence-corrected chi connectivity index (χ3v) is 3.06. The van der Waals surface area contributed by atoms with Gasteiger partial charge in [0.25, 0.3) is 5.56 Å². The van der Waals surface area contributed by atoms with Gasteiger partial charge < -0.3 is 9.72 Å². The first-order valence-corrected chi connectivity index (χ1v) is 5.68. The van der Waals surface area contributed by atoms with Gasteiger partial charge >= 0.3 is 5.97 Å². The second kappa shape index (κ2) is 5.69. The molecular weight excluding hydrogens is 256 g/mol. The minimum Gasteiger partial charge on any atom is -0.468 e. The number of esters is 1. The number of pyridine rings is 1. The second-order valence-corrected chi connectivity index (χ2v) is 4.44. The van der Waals surface area contributed by atoms with Crippen molar-refractivity contribution < 1.29 is 9.53 Å². The molecule has 96 valence electrons. The monoisotopic (exact) mass is 268 g/mol. The quantitative estimate of drug-likeness (QED) is 0.666. The largest absolute Gasteiger partial charge is 0.468 e. The Hall–Kier alpha value is -1.80. The third kappa shape index (κ3) is 2.71. The number of hydrogen-bond acceptors (Lipinski definition) is 4. The van der Waals surface area contributed by atoms with E-state index in [9.17, 15) is 9.59 Å². The maximum Gasteiger partial charge on any atom is 0.316 e. The van der Waals surface area contributed by atoms with Crippen LogP contribution >= 0.6 is 11.6 Å². The van der Waals surface area contributed by atoms with Crippen LogP contribution in [0.3, 0.4) is 0 Å². The highest BCUT2D eigenvalue weighted by atomic mass is 35.5. The van der Waals surface area contributed by atoms with Crippen LogP contribution in [0.25, 0.3) is 0 Å². The van der Waals surface area contributed by atoms with E-state index < -0.39 is 16.9 Å². The molecule has 0 aliphatic rings. The maximum atomic E-state index is 11.9. The topological polar surface area (TPSA) is 82.9 Å². The first-order chi connectivity index (χ1) is 8.45. The van der Waals surface area contributed by atoms with E-state index in [-0.39, 0.29) is 23.6 Å². The van der Waals surface area contributed by atoms with Crippen molar-refractivity contribution in [1.29, 1.82) is 5.26 Å². The highest BCUT2D eigenvalue weighted by molar-refractivity contribution is 6.29. The summed E-state index contributed by atoms with van der Waals surface area (Å²) in [5, 5.41) is 8.83. The molecule has 0 aromatic carbocycles. The van der Waals surface area contributed by atoms with Gasteiger partial charge in [0.1, 0.15) is 5.15 Å². The summed E-state index contributed by atoms with van der Waals surface area (Å²) < 4.78 is 4.72. The van der Waals surface area contributed by atoms with E-state index in [1.54, 1.807) is 6.92 Å². The summed E-state index contributed by atoms with van der Waals surface area (Å²) in [6.45, 7) is 1.58. The molecule has 18 heavy (non-hydrogen) atoms. The molecule has 0 saturated heterocycles. The summed E-state index contributed by atoms with van der Waals surface area (Å²) in [4.78, 5) is 26.1. The van der Waals surface area contributed by atoms with Crippen LogP contribution in [-0.4, -0.2) is 18.1 Å². The van der Waals surface area contributed by atoms with Crippen molar-refractivity contribution in [2.45, 2.75) is 25.2 Å². The summed E-state index contributed by atoms with van der Waals surface area (Å²) in [7, 11) is 1.25. The molecule has 1 aromatic rings. The first-order valence-electron chi connectivity index (χ1n) is 5.30. The molecule has 0 aliphatic heterocycles. The zero-order valence-electron chi connectivity index (χ0n) is 10.1. The average molecular weight is 269 g/mol. The number of aromatic nitrogens is 1.